The summed E-state index contributed by atoms with van der Waals surface area (Å²) in [5, 5.41) is 0. The number of amides is 1. The van der Waals surface area contributed by atoms with E-state index in [1.807, 2.05) is 6.92 Å². The largest absolute Gasteiger partial charge is 0.492 e. The fraction of sp³-hybridized carbons (Fsp3) is 0.500. The van der Waals surface area contributed by atoms with Crippen LogP contribution in [0.4, 0.5) is 5.69 Å². The number of hydrogen-bond donors (Lipinski definition) is 1. The van der Waals surface area contributed by atoms with Crippen molar-refractivity contribution in [3.8, 4) is 5.75 Å². The second kappa shape index (κ2) is 5.93. The quantitative estimate of drug-likeness (QED) is 0.838. The van der Waals surface area contributed by atoms with Gasteiger partial charge in [0.15, 0.2) is 0 Å². The Hall–Kier alpha value is -1.75. The molecule has 5 nitrogen and oxygen atoms in total. The number of ether oxygens (including phenoxy) is 2. The lowest BCUT2D eigenvalue weighted by molar-refractivity contribution is 0.0711. The number of nitrogen functional groups attached to an aromatic ring is 1. The first-order valence-electron chi connectivity index (χ1n) is 6.50. The van der Waals surface area contributed by atoms with Crippen LogP contribution in [0.3, 0.4) is 0 Å². The van der Waals surface area contributed by atoms with Crippen molar-refractivity contribution in [3.05, 3.63) is 23.8 Å². The van der Waals surface area contributed by atoms with E-state index in [0.29, 0.717) is 36.8 Å². The van der Waals surface area contributed by atoms with Gasteiger partial charge in [-0.05, 0) is 31.5 Å². The van der Waals surface area contributed by atoms with Gasteiger partial charge in [-0.3, -0.25) is 4.79 Å². The average Bonchev–Trinajstić information content (AvgIpc) is 2.93. The molecule has 1 heterocycles. The first kappa shape index (κ1) is 13.7. The lowest BCUT2D eigenvalue weighted by Gasteiger charge is -2.23. The summed E-state index contributed by atoms with van der Waals surface area (Å²) in [6, 6.07) is 5.31. The molecule has 0 radical (unpaired) electrons. The van der Waals surface area contributed by atoms with Gasteiger partial charge < -0.3 is 20.1 Å². The number of rotatable bonds is 4. The van der Waals surface area contributed by atoms with Crippen molar-refractivity contribution in [2.45, 2.75) is 19.4 Å². The Kier molecular flexibility index (Phi) is 4.27. The van der Waals surface area contributed by atoms with Gasteiger partial charge in [-0.1, -0.05) is 0 Å². The molecular weight excluding hydrogens is 244 g/mol. The summed E-state index contributed by atoms with van der Waals surface area (Å²) in [6.45, 7) is 3.77. The van der Waals surface area contributed by atoms with Gasteiger partial charge in [0.2, 0.25) is 0 Å². The van der Waals surface area contributed by atoms with Gasteiger partial charge in [0.25, 0.3) is 5.91 Å². The second-order valence-corrected chi connectivity index (χ2v) is 4.62. The van der Waals surface area contributed by atoms with Crippen molar-refractivity contribution in [2.75, 3.05) is 32.6 Å². The van der Waals surface area contributed by atoms with Crippen molar-refractivity contribution < 1.29 is 14.3 Å². The maximum atomic E-state index is 12.3. The lowest BCUT2D eigenvalue weighted by Crippen LogP contribution is -2.37. The van der Waals surface area contributed by atoms with Gasteiger partial charge >= 0.3 is 0 Å². The Bertz CT molecular complexity index is 456. The fourth-order valence-electron chi connectivity index (χ4n) is 2.17. The molecule has 1 aromatic rings. The monoisotopic (exact) mass is 264 g/mol. The number of carbonyl (C=O) groups excluding carboxylic acids is 1. The minimum Gasteiger partial charge on any atom is -0.492 e. The van der Waals surface area contributed by atoms with Gasteiger partial charge in [-0.2, -0.15) is 0 Å². The molecule has 0 aromatic heterocycles. The molecule has 0 saturated carbocycles. The predicted octanol–water partition coefficient (Wildman–Crippen LogP) is 1.53. The SMILES string of the molecule is CCOc1ccc(C(=O)N(C)C2CCOC2)cc1N. The highest BCUT2D eigenvalue weighted by Crippen LogP contribution is 2.24. The Morgan fingerprint density at radius 3 is 2.95 bits per heavy atom. The third-order valence-electron chi connectivity index (χ3n) is 3.33. The van der Waals surface area contributed by atoms with Crippen molar-refractivity contribution in [2.24, 2.45) is 0 Å². The smallest absolute Gasteiger partial charge is 0.254 e. The fourth-order valence-corrected chi connectivity index (χ4v) is 2.17. The van der Waals surface area contributed by atoms with Crippen LogP contribution in [0.15, 0.2) is 18.2 Å². The van der Waals surface area contributed by atoms with Crippen molar-refractivity contribution in [1.29, 1.82) is 0 Å². The van der Waals surface area contributed by atoms with Gasteiger partial charge in [-0.15, -0.1) is 0 Å². The van der Waals surface area contributed by atoms with Crippen LogP contribution in [0, 0.1) is 0 Å². The van der Waals surface area contributed by atoms with E-state index in [0.717, 1.165) is 6.42 Å². The van der Waals surface area contributed by atoms with Crippen molar-refractivity contribution in [3.63, 3.8) is 0 Å². The van der Waals surface area contributed by atoms with Crippen molar-refractivity contribution >= 4 is 11.6 Å². The maximum Gasteiger partial charge on any atom is 0.254 e. The molecule has 1 aliphatic heterocycles. The van der Waals surface area contributed by atoms with Crippen LogP contribution in [0.1, 0.15) is 23.7 Å². The zero-order valence-corrected chi connectivity index (χ0v) is 11.4. The average molecular weight is 264 g/mol. The topological polar surface area (TPSA) is 64.8 Å². The summed E-state index contributed by atoms with van der Waals surface area (Å²) in [7, 11) is 1.80. The number of hydrogen-bond acceptors (Lipinski definition) is 4. The molecule has 1 unspecified atom stereocenters. The normalized spacial score (nSPS) is 18.3. The van der Waals surface area contributed by atoms with E-state index in [9.17, 15) is 4.79 Å². The van der Waals surface area contributed by atoms with Crippen LogP contribution >= 0.6 is 0 Å². The summed E-state index contributed by atoms with van der Waals surface area (Å²) in [5.74, 6) is 0.580. The number of likely N-dealkylation sites (N-methyl/N-ethyl adjacent to an activating group) is 1. The number of nitrogens with two attached hydrogens (primary N) is 1. The van der Waals surface area contributed by atoms with E-state index in [-0.39, 0.29) is 11.9 Å². The van der Waals surface area contributed by atoms with E-state index < -0.39 is 0 Å². The van der Waals surface area contributed by atoms with Crippen LogP contribution in [0.2, 0.25) is 0 Å². The van der Waals surface area contributed by atoms with E-state index in [1.54, 1.807) is 30.1 Å². The van der Waals surface area contributed by atoms with E-state index in [2.05, 4.69) is 0 Å². The third-order valence-corrected chi connectivity index (χ3v) is 3.33. The zero-order chi connectivity index (χ0) is 13.8. The van der Waals surface area contributed by atoms with Gasteiger partial charge in [0.05, 0.1) is 24.9 Å². The molecule has 5 heteroatoms. The Balaban J connectivity index is 2.12. The molecule has 0 spiro atoms. The molecule has 19 heavy (non-hydrogen) atoms. The second-order valence-electron chi connectivity index (χ2n) is 4.62. The molecular formula is C14H20N2O3. The highest BCUT2D eigenvalue weighted by molar-refractivity contribution is 5.95. The lowest BCUT2D eigenvalue weighted by atomic mass is 10.1. The number of nitrogens with zero attached hydrogens (tertiary/aromatic N) is 1. The maximum absolute atomic E-state index is 12.3. The summed E-state index contributed by atoms with van der Waals surface area (Å²) >= 11 is 0. The van der Waals surface area contributed by atoms with Gasteiger partial charge in [0.1, 0.15) is 5.75 Å². The Morgan fingerprint density at radius 1 is 1.58 bits per heavy atom. The minimum atomic E-state index is -0.0368. The third kappa shape index (κ3) is 2.98. The zero-order valence-electron chi connectivity index (χ0n) is 11.4. The van der Waals surface area contributed by atoms with Crippen molar-refractivity contribution in [1.82, 2.24) is 4.90 Å². The van der Waals surface area contributed by atoms with E-state index >= 15 is 0 Å². The first-order chi connectivity index (χ1) is 9.13. The molecule has 104 valence electrons. The highest BCUT2D eigenvalue weighted by Gasteiger charge is 2.25. The molecule has 0 aliphatic carbocycles. The minimum absolute atomic E-state index is 0.0368. The number of carbonyl (C=O) groups is 1. The summed E-state index contributed by atoms with van der Waals surface area (Å²) < 4.78 is 10.7. The molecule has 1 amide bonds. The summed E-state index contributed by atoms with van der Waals surface area (Å²) in [5.41, 5.74) is 6.95. The summed E-state index contributed by atoms with van der Waals surface area (Å²) in [6.07, 6.45) is 0.884. The summed E-state index contributed by atoms with van der Waals surface area (Å²) in [4.78, 5) is 14.1. The van der Waals surface area contributed by atoms with Gasteiger partial charge in [-0.25, -0.2) is 0 Å². The number of benzene rings is 1. The molecule has 1 fully saturated rings. The molecule has 1 aromatic carbocycles. The number of anilines is 1. The molecule has 2 rings (SSSR count). The molecule has 1 aliphatic rings. The molecule has 1 atom stereocenters. The molecule has 0 bridgehead atoms. The molecule has 2 N–H and O–H groups in total. The Morgan fingerprint density at radius 2 is 2.37 bits per heavy atom. The Labute approximate surface area is 113 Å². The van der Waals surface area contributed by atoms with Gasteiger partial charge in [0, 0.05) is 19.2 Å². The van der Waals surface area contributed by atoms with E-state index in [4.69, 9.17) is 15.2 Å². The standard InChI is InChI=1S/C14H20N2O3/c1-3-19-13-5-4-10(8-12(13)15)14(17)16(2)11-6-7-18-9-11/h4-5,8,11H,3,6-7,9,15H2,1-2H3. The van der Waals surface area contributed by atoms with Crippen LogP contribution in [0.5, 0.6) is 5.75 Å². The van der Waals surface area contributed by atoms with Crippen LogP contribution in [-0.2, 0) is 4.74 Å². The van der Waals surface area contributed by atoms with E-state index in [1.165, 1.54) is 0 Å². The first-order valence-corrected chi connectivity index (χ1v) is 6.50. The highest BCUT2D eigenvalue weighted by atomic mass is 16.5. The van der Waals surface area contributed by atoms with Crippen LogP contribution in [0.25, 0.3) is 0 Å². The van der Waals surface area contributed by atoms with Crippen LogP contribution < -0.4 is 10.5 Å². The molecule has 1 saturated heterocycles. The predicted molar refractivity (Wildman–Crippen MR) is 73.3 cm³/mol. The van der Waals surface area contributed by atoms with Crippen LogP contribution in [-0.4, -0.2) is 43.7 Å².